The van der Waals surface area contributed by atoms with Gasteiger partial charge in [-0.15, -0.1) is 0 Å². The first-order valence-electron chi connectivity index (χ1n) is 4.82. The Balaban J connectivity index is 2.09. The SMILES string of the molecule is O=C1CC[C@H]2C(=O)CCC[C@@H]2C1. The third kappa shape index (κ3) is 1.30. The van der Waals surface area contributed by atoms with Gasteiger partial charge in [-0.05, 0) is 25.2 Å². The third-order valence-corrected chi connectivity index (χ3v) is 3.20. The van der Waals surface area contributed by atoms with E-state index in [0.29, 0.717) is 30.3 Å². The molecule has 2 rings (SSSR count). The monoisotopic (exact) mass is 166 g/mol. The second kappa shape index (κ2) is 3.00. The molecule has 2 atom stereocenters. The maximum Gasteiger partial charge on any atom is 0.136 e. The molecular formula is C10H14O2. The van der Waals surface area contributed by atoms with Crippen LogP contribution in [0.2, 0.25) is 0 Å². The van der Waals surface area contributed by atoms with Gasteiger partial charge in [0, 0.05) is 25.2 Å². The van der Waals surface area contributed by atoms with E-state index < -0.39 is 0 Å². The van der Waals surface area contributed by atoms with Crippen molar-refractivity contribution in [2.45, 2.75) is 38.5 Å². The molecule has 0 aromatic heterocycles. The molecule has 12 heavy (non-hydrogen) atoms. The number of fused-ring (bicyclic) bond motifs is 1. The fourth-order valence-corrected chi connectivity index (χ4v) is 2.54. The van der Waals surface area contributed by atoms with Gasteiger partial charge in [-0.2, -0.15) is 0 Å². The van der Waals surface area contributed by atoms with Crippen LogP contribution in [0.1, 0.15) is 38.5 Å². The van der Waals surface area contributed by atoms with Crippen LogP contribution in [0.4, 0.5) is 0 Å². The summed E-state index contributed by atoms with van der Waals surface area (Å²) in [5, 5.41) is 0. The molecule has 0 aromatic rings. The fraction of sp³-hybridized carbons (Fsp3) is 0.800. The van der Waals surface area contributed by atoms with Crippen LogP contribution in [-0.4, -0.2) is 11.6 Å². The van der Waals surface area contributed by atoms with Crippen molar-refractivity contribution in [3.8, 4) is 0 Å². The Bertz CT molecular complexity index is 220. The summed E-state index contributed by atoms with van der Waals surface area (Å²) in [5.74, 6) is 1.44. The minimum atomic E-state index is 0.247. The lowest BCUT2D eigenvalue weighted by Gasteiger charge is -2.33. The molecule has 0 aliphatic heterocycles. The Labute approximate surface area is 72.3 Å². The Morgan fingerprint density at radius 3 is 2.75 bits per heavy atom. The van der Waals surface area contributed by atoms with Crippen LogP contribution in [-0.2, 0) is 9.59 Å². The van der Waals surface area contributed by atoms with Gasteiger partial charge in [0.15, 0.2) is 0 Å². The first-order chi connectivity index (χ1) is 5.77. The van der Waals surface area contributed by atoms with Crippen LogP contribution in [0, 0.1) is 11.8 Å². The van der Waals surface area contributed by atoms with Crippen LogP contribution in [0.3, 0.4) is 0 Å². The fourth-order valence-electron chi connectivity index (χ4n) is 2.54. The van der Waals surface area contributed by atoms with Crippen molar-refractivity contribution in [2.24, 2.45) is 11.8 Å². The van der Waals surface area contributed by atoms with Gasteiger partial charge < -0.3 is 0 Å². The Morgan fingerprint density at radius 1 is 1.08 bits per heavy atom. The zero-order valence-electron chi connectivity index (χ0n) is 7.21. The van der Waals surface area contributed by atoms with E-state index in [1.807, 2.05) is 0 Å². The molecule has 2 aliphatic rings. The molecule has 0 unspecified atom stereocenters. The molecule has 0 saturated heterocycles. The van der Waals surface area contributed by atoms with E-state index in [4.69, 9.17) is 0 Å². The molecule has 0 radical (unpaired) electrons. The number of carbonyl (C=O) groups is 2. The number of hydrogen-bond donors (Lipinski definition) is 0. The van der Waals surface area contributed by atoms with E-state index in [1.165, 1.54) is 0 Å². The molecule has 0 aromatic carbocycles. The number of carbonyl (C=O) groups excluding carboxylic acids is 2. The summed E-state index contributed by atoms with van der Waals surface area (Å²) in [6, 6.07) is 0. The maximum atomic E-state index is 11.4. The predicted molar refractivity (Wildman–Crippen MR) is 44.7 cm³/mol. The van der Waals surface area contributed by atoms with E-state index in [0.717, 1.165) is 25.7 Å². The highest BCUT2D eigenvalue weighted by molar-refractivity contribution is 5.86. The van der Waals surface area contributed by atoms with Crippen molar-refractivity contribution in [1.29, 1.82) is 0 Å². The van der Waals surface area contributed by atoms with Crippen LogP contribution in [0.5, 0.6) is 0 Å². The smallest absolute Gasteiger partial charge is 0.136 e. The molecule has 2 fully saturated rings. The molecule has 0 bridgehead atoms. The summed E-state index contributed by atoms with van der Waals surface area (Å²) in [6.07, 6.45) is 5.02. The minimum Gasteiger partial charge on any atom is -0.300 e. The zero-order valence-corrected chi connectivity index (χ0v) is 7.21. The molecule has 0 heterocycles. The highest BCUT2D eigenvalue weighted by Crippen LogP contribution is 2.36. The van der Waals surface area contributed by atoms with Crippen molar-refractivity contribution in [2.75, 3.05) is 0 Å². The van der Waals surface area contributed by atoms with Crippen LogP contribution < -0.4 is 0 Å². The van der Waals surface area contributed by atoms with Gasteiger partial charge in [-0.3, -0.25) is 9.59 Å². The molecule has 2 aliphatic carbocycles. The summed E-state index contributed by atoms with van der Waals surface area (Å²) < 4.78 is 0. The summed E-state index contributed by atoms with van der Waals surface area (Å²) in [5.41, 5.74) is 0. The Kier molecular flexibility index (Phi) is 1.99. The average Bonchev–Trinajstić information content (AvgIpc) is 2.04. The third-order valence-electron chi connectivity index (χ3n) is 3.20. The molecule has 0 N–H and O–H groups in total. The molecule has 0 spiro atoms. The lowest BCUT2D eigenvalue weighted by atomic mass is 9.70. The summed E-state index contributed by atoms with van der Waals surface area (Å²) in [4.78, 5) is 22.5. The van der Waals surface area contributed by atoms with Crippen LogP contribution in [0.15, 0.2) is 0 Å². The topological polar surface area (TPSA) is 34.1 Å². The second-order valence-corrected chi connectivity index (χ2v) is 4.01. The minimum absolute atomic E-state index is 0.247. The van der Waals surface area contributed by atoms with E-state index in [9.17, 15) is 9.59 Å². The predicted octanol–water partition coefficient (Wildman–Crippen LogP) is 1.72. The number of Topliss-reactive ketones (excluding diaryl/α,β-unsaturated/α-hetero) is 2. The van der Waals surface area contributed by atoms with Crippen molar-refractivity contribution in [3.63, 3.8) is 0 Å². The van der Waals surface area contributed by atoms with Gasteiger partial charge in [0.2, 0.25) is 0 Å². The Morgan fingerprint density at radius 2 is 1.92 bits per heavy atom. The Hall–Kier alpha value is -0.660. The number of ketones is 2. The van der Waals surface area contributed by atoms with E-state index in [1.54, 1.807) is 0 Å². The van der Waals surface area contributed by atoms with Crippen molar-refractivity contribution >= 4 is 11.6 Å². The van der Waals surface area contributed by atoms with Crippen molar-refractivity contribution in [1.82, 2.24) is 0 Å². The summed E-state index contributed by atoms with van der Waals surface area (Å²) in [6.45, 7) is 0. The lowest BCUT2D eigenvalue weighted by molar-refractivity contribution is -0.132. The normalized spacial score (nSPS) is 36.3. The van der Waals surface area contributed by atoms with E-state index in [2.05, 4.69) is 0 Å². The molecule has 2 heteroatoms. The molecular weight excluding hydrogens is 152 g/mol. The van der Waals surface area contributed by atoms with Gasteiger partial charge >= 0.3 is 0 Å². The van der Waals surface area contributed by atoms with E-state index in [-0.39, 0.29) is 5.92 Å². The zero-order chi connectivity index (χ0) is 8.55. The molecule has 2 saturated carbocycles. The molecule has 2 nitrogen and oxygen atoms in total. The van der Waals surface area contributed by atoms with Gasteiger partial charge in [-0.1, -0.05) is 0 Å². The standard InChI is InChI=1S/C10H14O2/c11-8-4-5-9-7(6-8)2-1-3-10(9)12/h7,9H,1-6H2/t7-,9-/m1/s1. The largest absolute Gasteiger partial charge is 0.300 e. The van der Waals surface area contributed by atoms with Crippen molar-refractivity contribution in [3.05, 3.63) is 0 Å². The first-order valence-corrected chi connectivity index (χ1v) is 4.82. The molecule has 0 amide bonds. The van der Waals surface area contributed by atoms with E-state index >= 15 is 0 Å². The number of rotatable bonds is 0. The second-order valence-electron chi connectivity index (χ2n) is 4.01. The van der Waals surface area contributed by atoms with Crippen molar-refractivity contribution < 1.29 is 9.59 Å². The number of hydrogen-bond acceptors (Lipinski definition) is 2. The van der Waals surface area contributed by atoms with Gasteiger partial charge in [0.1, 0.15) is 11.6 Å². The highest BCUT2D eigenvalue weighted by atomic mass is 16.1. The summed E-state index contributed by atoms with van der Waals surface area (Å²) in [7, 11) is 0. The molecule has 66 valence electrons. The van der Waals surface area contributed by atoms with Crippen LogP contribution >= 0.6 is 0 Å². The first kappa shape index (κ1) is 7.96. The van der Waals surface area contributed by atoms with Gasteiger partial charge in [0.25, 0.3) is 0 Å². The summed E-state index contributed by atoms with van der Waals surface area (Å²) >= 11 is 0. The maximum absolute atomic E-state index is 11.4. The van der Waals surface area contributed by atoms with Crippen LogP contribution in [0.25, 0.3) is 0 Å². The highest BCUT2D eigenvalue weighted by Gasteiger charge is 2.36. The van der Waals surface area contributed by atoms with Gasteiger partial charge in [0.05, 0.1) is 0 Å². The van der Waals surface area contributed by atoms with Gasteiger partial charge in [-0.25, -0.2) is 0 Å². The lowest BCUT2D eigenvalue weighted by Crippen LogP contribution is -2.34. The quantitative estimate of drug-likeness (QED) is 0.549. The average molecular weight is 166 g/mol.